The van der Waals surface area contributed by atoms with Crippen molar-refractivity contribution >= 4 is 42.3 Å². The molecule has 5 N–H and O–H groups in total. The van der Waals surface area contributed by atoms with E-state index in [-0.39, 0.29) is 31.1 Å². The highest BCUT2D eigenvalue weighted by atomic mass is 31.2. The summed E-state index contributed by atoms with van der Waals surface area (Å²) < 4.78 is 32.2. The fourth-order valence-electron chi connectivity index (χ4n) is 3.64. The quantitative estimate of drug-likeness (QED) is 0.0871. The number of rotatable bonds is 18. The molecule has 2 heterocycles. The zero-order chi connectivity index (χ0) is 29.9. The van der Waals surface area contributed by atoms with Gasteiger partial charge in [0.1, 0.15) is 18.4 Å². The molecule has 15 heteroatoms. The number of hydrogen-bond acceptors (Lipinski definition) is 11. The Morgan fingerprint density at radius 3 is 2.15 bits per heavy atom. The van der Waals surface area contributed by atoms with Gasteiger partial charge in [-0.05, 0) is 40.5 Å². The van der Waals surface area contributed by atoms with Gasteiger partial charge in [0, 0.05) is 13.1 Å². The van der Waals surface area contributed by atoms with Crippen LogP contribution < -0.4 is 21.2 Å². The van der Waals surface area contributed by atoms with Gasteiger partial charge in [0.25, 0.3) is 0 Å². The summed E-state index contributed by atoms with van der Waals surface area (Å²) in [6.07, 6.45) is 2.91. The number of carbonyl (C=O) groups is 2. The topological polar surface area (TPSA) is 185 Å². The van der Waals surface area contributed by atoms with Crippen LogP contribution in [0.25, 0.3) is 11.2 Å². The third-order valence-corrected chi connectivity index (χ3v) is 7.47. The predicted molar refractivity (Wildman–Crippen MR) is 154 cm³/mol. The number of nitrogens with one attached hydrogen (secondary N) is 3. The number of esters is 2. The van der Waals surface area contributed by atoms with Gasteiger partial charge in [0.05, 0.1) is 25.1 Å². The second kappa shape index (κ2) is 15.7. The fourth-order valence-corrected chi connectivity index (χ4v) is 5.83. The number of aromatic nitrogens is 4. The smallest absolute Gasteiger partial charge is 0.323 e. The van der Waals surface area contributed by atoms with Crippen LogP contribution in [0.5, 0.6) is 0 Å². The number of nitrogens with two attached hydrogens (primary N) is 1. The molecule has 2 atom stereocenters. The first kappa shape index (κ1) is 33.1. The maximum atomic E-state index is 14.1. The van der Waals surface area contributed by atoms with Gasteiger partial charge < -0.3 is 29.8 Å². The van der Waals surface area contributed by atoms with Gasteiger partial charge in [0.15, 0.2) is 17.0 Å². The van der Waals surface area contributed by atoms with E-state index in [1.54, 1.807) is 58.5 Å². The molecule has 0 aliphatic rings. The average molecular weight is 583 g/mol. The zero-order valence-corrected chi connectivity index (χ0v) is 25.1. The van der Waals surface area contributed by atoms with Crippen LogP contribution >= 0.6 is 7.44 Å². The van der Waals surface area contributed by atoms with Gasteiger partial charge in [-0.25, -0.2) is 15.2 Å². The SMILES string of the molecule is C=CCNc1nc(N)nc2c1ncn2CCOCP(=O)(NC(CC)C(=O)OC(C)C)NC(CC)C(=O)OC(C)C. The summed E-state index contributed by atoms with van der Waals surface area (Å²) in [5.41, 5.74) is 6.92. The zero-order valence-electron chi connectivity index (χ0n) is 24.2. The molecule has 0 fully saturated rings. The van der Waals surface area contributed by atoms with E-state index in [2.05, 4.69) is 37.0 Å². The van der Waals surface area contributed by atoms with Crippen LogP contribution in [0.15, 0.2) is 19.0 Å². The third kappa shape index (κ3) is 9.84. The van der Waals surface area contributed by atoms with E-state index in [0.717, 1.165) is 0 Å². The van der Waals surface area contributed by atoms with Gasteiger partial charge in [-0.15, -0.1) is 6.58 Å². The molecule has 0 aliphatic carbocycles. The fraction of sp³-hybridized carbons (Fsp3) is 0.640. The molecule has 224 valence electrons. The van der Waals surface area contributed by atoms with E-state index in [1.807, 2.05) is 0 Å². The van der Waals surface area contributed by atoms with Crippen LogP contribution in [0.2, 0.25) is 0 Å². The Morgan fingerprint density at radius 1 is 1.07 bits per heavy atom. The standard InChI is InChI=1S/C25H43N8O6P/c1-8-11-27-21-20-22(30-25(26)29-21)33(14-28-20)12-13-37-15-40(36,31-18(9-2)23(34)38-16(4)5)32-19(10-3)24(35)39-17(6)7/h8,14,16-19H,1,9-13,15H2,2-7H3,(H2,31,32,36)(H3,26,27,29,30). The van der Waals surface area contributed by atoms with Crippen molar-refractivity contribution in [3.63, 3.8) is 0 Å². The highest BCUT2D eigenvalue weighted by Crippen LogP contribution is 2.38. The Kier molecular flexibility index (Phi) is 13.0. The van der Waals surface area contributed by atoms with Gasteiger partial charge in [-0.2, -0.15) is 9.97 Å². The van der Waals surface area contributed by atoms with Gasteiger partial charge >= 0.3 is 11.9 Å². The first-order valence-electron chi connectivity index (χ1n) is 13.4. The minimum atomic E-state index is -3.66. The summed E-state index contributed by atoms with van der Waals surface area (Å²) in [5, 5.41) is 8.84. The largest absolute Gasteiger partial charge is 0.462 e. The molecule has 14 nitrogen and oxygen atoms in total. The Labute approximate surface area is 235 Å². The molecule has 2 aromatic rings. The van der Waals surface area contributed by atoms with Crippen molar-refractivity contribution in [3.8, 4) is 0 Å². The molecular formula is C25H43N8O6P. The first-order chi connectivity index (χ1) is 18.9. The van der Waals surface area contributed by atoms with E-state index in [4.69, 9.17) is 19.9 Å². The molecular weight excluding hydrogens is 539 g/mol. The van der Waals surface area contributed by atoms with Crippen molar-refractivity contribution in [2.75, 3.05) is 30.6 Å². The predicted octanol–water partition coefficient (Wildman–Crippen LogP) is 2.81. The number of nitrogens with zero attached hydrogens (tertiary/aromatic N) is 4. The van der Waals surface area contributed by atoms with E-state index < -0.39 is 31.5 Å². The summed E-state index contributed by atoms with van der Waals surface area (Å²) in [4.78, 5) is 38.1. The van der Waals surface area contributed by atoms with Crippen molar-refractivity contribution in [1.29, 1.82) is 0 Å². The number of hydrogen-bond donors (Lipinski definition) is 4. The normalized spacial score (nSPS) is 14.6. The molecule has 0 radical (unpaired) electrons. The van der Waals surface area contributed by atoms with E-state index in [1.165, 1.54) is 0 Å². The Hall–Kier alpha value is -3.06. The lowest BCUT2D eigenvalue weighted by atomic mass is 10.2. The summed E-state index contributed by atoms with van der Waals surface area (Å²) in [6.45, 7) is 15.1. The summed E-state index contributed by atoms with van der Waals surface area (Å²) in [5.74, 6) is -0.518. The number of anilines is 2. The van der Waals surface area contributed by atoms with E-state index >= 15 is 0 Å². The number of imidazole rings is 1. The van der Waals surface area contributed by atoms with Crippen LogP contribution in [0.3, 0.4) is 0 Å². The van der Waals surface area contributed by atoms with Gasteiger partial charge in [0.2, 0.25) is 13.4 Å². The van der Waals surface area contributed by atoms with Crippen molar-refractivity contribution in [2.45, 2.75) is 85.2 Å². The minimum Gasteiger partial charge on any atom is -0.462 e. The number of fused-ring (bicyclic) bond motifs is 1. The molecule has 0 aromatic carbocycles. The van der Waals surface area contributed by atoms with Crippen molar-refractivity contribution in [3.05, 3.63) is 19.0 Å². The summed E-state index contributed by atoms with van der Waals surface area (Å²) >= 11 is 0. The maximum Gasteiger partial charge on any atom is 0.323 e. The Morgan fingerprint density at radius 2 is 1.65 bits per heavy atom. The highest BCUT2D eigenvalue weighted by Gasteiger charge is 2.34. The Balaban J connectivity index is 2.18. The van der Waals surface area contributed by atoms with Crippen LogP contribution in [-0.2, 0) is 34.9 Å². The lowest BCUT2D eigenvalue weighted by Gasteiger charge is -2.28. The lowest BCUT2D eigenvalue weighted by molar-refractivity contribution is -0.150. The molecule has 0 bridgehead atoms. The molecule has 40 heavy (non-hydrogen) atoms. The van der Waals surface area contributed by atoms with Crippen molar-refractivity contribution in [1.82, 2.24) is 29.7 Å². The number of ether oxygens (including phenoxy) is 3. The van der Waals surface area contributed by atoms with Gasteiger partial charge in [-0.1, -0.05) is 19.9 Å². The van der Waals surface area contributed by atoms with Crippen LogP contribution in [-0.4, -0.2) is 75.2 Å². The third-order valence-electron chi connectivity index (χ3n) is 5.46. The van der Waals surface area contributed by atoms with Gasteiger partial charge in [-0.3, -0.25) is 14.2 Å². The average Bonchev–Trinajstić information content (AvgIpc) is 3.28. The van der Waals surface area contributed by atoms with Crippen LogP contribution in [0.1, 0.15) is 54.4 Å². The first-order valence-corrected chi connectivity index (χ1v) is 15.3. The monoisotopic (exact) mass is 582 g/mol. The van der Waals surface area contributed by atoms with Crippen molar-refractivity contribution in [2.24, 2.45) is 0 Å². The highest BCUT2D eigenvalue weighted by molar-refractivity contribution is 7.59. The Bertz CT molecular complexity index is 1150. The number of nitrogen functional groups attached to an aromatic ring is 1. The van der Waals surface area contributed by atoms with E-state index in [0.29, 0.717) is 42.9 Å². The van der Waals surface area contributed by atoms with E-state index in [9.17, 15) is 14.2 Å². The molecule has 0 aliphatic heterocycles. The van der Waals surface area contributed by atoms with Crippen LogP contribution in [0, 0.1) is 0 Å². The molecule has 0 spiro atoms. The van der Waals surface area contributed by atoms with Crippen molar-refractivity contribution < 1.29 is 28.4 Å². The number of carbonyl (C=O) groups excluding carboxylic acids is 2. The summed E-state index contributed by atoms with van der Waals surface area (Å²) in [7, 11) is -3.66. The maximum absolute atomic E-state index is 14.1. The summed E-state index contributed by atoms with van der Waals surface area (Å²) in [6, 6.07) is -1.75. The lowest BCUT2D eigenvalue weighted by Crippen LogP contribution is -2.45. The molecule has 0 saturated heterocycles. The molecule has 0 amide bonds. The van der Waals surface area contributed by atoms with Crippen LogP contribution in [0.4, 0.5) is 11.8 Å². The molecule has 2 unspecified atom stereocenters. The minimum absolute atomic E-state index is 0.0809. The molecule has 2 rings (SSSR count). The molecule has 2 aromatic heterocycles. The molecule has 0 saturated carbocycles. The second-order valence-corrected chi connectivity index (χ2v) is 11.9. The second-order valence-electron chi connectivity index (χ2n) is 9.64.